The summed E-state index contributed by atoms with van der Waals surface area (Å²) in [4.78, 5) is 0. The highest BCUT2D eigenvalue weighted by molar-refractivity contribution is 4.82. The SMILES string of the molecule is CCC[C@H](C)C1C[C@H](CC)CNN(C)[C@@H]1C. The van der Waals surface area contributed by atoms with Crippen LogP contribution in [-0.2, 0) is 0 Å². The molecule has 1 fully saturated rings. The molecule has 0 saturated carbocycles. The molecule has 1 aliphatic rings. The summed E-state index contributed by atoms with van der Waals surface area (Å²) in [6.07, 6.45) is 5.40. The molecular weight excluding hydrogens is 196 g/mol. The predicted molar refractivity (Wildman–Crippen MR) is 71.2 cm³/mol. The van der Waals surface area contributed by atoms with Crippen molar-refractivity contribution in [3.05, 3.63) is 0 Å². The van der Waals surface area contributed by atoms with Crippen molar-refractivity contribution in [1.82, 2.24) is 10.4 Å². The molecule has 1 heterocycles. The van der Waals surface area contributed by atoms with Crippen LogP contribution in [0.1, 0.15) is 53.4 Å². The van der Waals surface area contributed by atoms with Crippen molar-refractivity contribution in [2.45, 2.75) is 59.4 Å². The van der Waals surface area contributed by atoms with E-state index in [2.05, 4.69) is 45.2 Å². The molecule has 1 unspecified atom stereocenters. The summed E-state index contributed by atoms with van der Waals surface area (Å²) in [5.41, 5.74) is 3.56. The molecule has 0 amide bonds. The van der Waals surface area contributed by atoms with Crippen LogP contribution in [0.5, 0.6) is 0 Å². The van der Waals surface area contributed by atoms with Gasteiger partial charge in [-0.2, -0.15) is 0 Å². The summed E-state index contributed by atoms with van der Waals surface area (Å²) in [7, 11) is 2.20. The van der Waals surface area contributed by atoms with E-state index in [1.54, 1.807) is 0 Å². The van der Waals surface area contributed by atoms with Gasteiger partial charge in [0, 0.05) is 19.6 Å². The molecule has 0 aromatic carbocycles. The van der Waals surface area contributed by atoms with Crippen molar-refractivity contribution >= 4 is 0 Å². The molecule has 2 heteroatoms. The van der Waals surface area contributed by atoms with Gasteiger partial charge >= 0.3 is 0 Å². The molecular formula is C14H30N2. The summed E-state index contributed by atoms with van der Waals surface area (Å²) in [6.45, 7) is 10.6. The zero-order valence-corrected chi connectivity index (χ0v) is 11.8. The monoisotopic (exact) mass is 226 g/mol. The van der Waals surface area contributed by atoms with E-state index in [0.29, 0.717) is 6.04 Å². The minimum absolute atomic E-state index is 0.665. The lowest BCUT2D eigenvalue weighted by Gasteiger charge is -2.33. The highest BCUT2D eigenvalue weighted by atomic mass is 15.5. The summed E-state index contributed by atoms with van der Waals surface area (Å²) in [5, 5.41) is 2.34. The molecule has 1 saturated heterocycles. The first-order valence-electron chi connectivity index (χ1n) is 7.06. The average Bonchev–Trinajstić information content (AvgIpc) is 2.41. The van der Waals surface area contributed by atoms with E-state index in [4.69, 9.17) is 0 Å². The van der Waals surface area contributed by atoms with Crippen LogP contribution in [0.2, 0.25) is 0 Å². The lowest BCUT2D eigenvalue weighted by Crippen LogP contribution is -2.44. The Hall–Kier alpha value is -0.0800. The van der Waals surface area contributed by atoms with Gasteiger partial charge in [-0.25, -0.2) is 5.01 Å². The molecule has 0 bridgehead atoms. The Morgan fingerprint density at radius 1 is 1.38 bits per heavy atom. The van der Waals surface area contributed by atoms with E-state index in [1.807, 2.05) is 0 Å². The second-order valence-electron chi connectivity index (χ2n) is 5.65. The first-order chi connectivity index (χ1) is 7.60. The number of hydrogen-bond acceptors (Lipinski definition) is 2. The quantitative estimate of drug-likeness (QED) is 0.791. The molecule has 0 aliphatic carbocycles. The molecule has 1 N–H and O–H groups in total. The van der Waals surface area contributed by atoms with Crippen molar-refractivity contribution in [3.63, 3.8) is 0 Å². The van der Waals surface area contributed by atoms with Crippen LogP contribution in [0, 0.1) is 17.8 Å². The Morgan fingerprint density at radius 3 is 2.62 bits per heavy atom. The molecule has 0 radical (unpaired) electrons. The Kier molecular flexibility index (Phi) is 5.77. The Bertz CT molecular complexity index is 193. The van der Waals surface area contributed by atoms with Gasteiger partial charge in [-0.05, 0) is 31.1 Å². The van der Waals surface area contributed by atoms with E-state index in [9.17, 15) is 0 Å². The Labute approximate surface area is 102 Å². The van der Waals surface area contributed by atoms with Gasteiger partial charge in [-0.15, -0.1) is 0 Å². The summed E-state index contributed by atoms with van der Waals surface area (Å²) in [5.74, 6) is 2.57. The van der Waals surface area contributed by atoms with Gasteiger partial charge in [0.1, 0.15) is 0 Å². The fourth-order valence-corrected chi connectivity index (χ4v) is 3.06. The van der Waals surface area contributed by atoms with Gasteiger partial charge in [-0.1, -0.05) is 40.0 Å². The van der Waals surface area contributed by atoms with Crippen LogP contribution in [0.25, 0.3) is 0 Å². The number of hydrazine groups is 1. The van der Waals surface area contributed by atoms with E-state index < -0.39 is 0 Å². The van der Waals surface area contributed by atoms with Crippen LogP contribution in [0.3, 0.4) is 0 Å². The Balaban J connectivity index is 2.67. The van der Waals surface area contributed by atoms with Crippen LogP contribution >= 0.6 is 0 Å². The van der Waals surface area contributed by atoms with Crippen molar-refractivity contribution in [3.8, 4) is 0 Å². The molecule has 16 heavy (non-hydrogen) atoms. The highest BCUT2D eigenvalue weighted by Gasteiger charge is 2.31. The highest BCUT2D eigenvalue weighted by Crippen LogP contribution is 2.31. The third-order valence-electron chi connectivity index (χ3n) is 4.52. The predicted octanol–water partition coefficient (Wildman–Crippen LogP) is 3.29. The first-order valence-corrected chi connectivity index (χ1v) is 7.06. The minimum atomic E-state index is 0.665. The standard InChI is InChI=1S/C14H30N2/c1-6-8-11(3)14-9-13(7-2)10-15-16(5)12(14)4/h11-15H,6-10H2,1-5H3/t11-,12+,13-,14?/m0/s1. The molecule has 2 nitrogen and oxygen atoms in total. The third kappa shape index (κ3) is 3.46. The maximum atomic E-state index is 3.56. The molecule has 1 aliphatic heterocycles. The molecule has 1 rings (SSSR count). The smallest absolute Gasteiger partial charge is 0.0243 e. The zero-order chi connectivity index (χ0) is 12.1. The second-order valence-corrected chi connectivity index (χ2v) is 5.65. The maximum Gasteiger partial charge on any atom is 0.0243 e. The van der Waals surface area contributed by atoms with Crippen LogP contribution in [0.4, 0.5) is 0 Å². The lowest BCUT2D eigenvalue weighted by atomic mass is 9.79. The van der Waals surface area contributed by atoms with E-state index in [0.717, 1.165) is 24.3 Å². The van der Waals surface area contributed by atoms with Gasteiger partial charge in [0.15, 0.2) is 0 Å². The third-order valence-corrected chi connectivity index (χ3v) is 4.52. The molecule has 0 aromatic heterocycles. The first kappa shape index (κ1) is 14.0. The lowest BCUT2D eigenvalue weighted by molar-refractivity contribution is 0.117. The number of hydrogen-bond donors (Lipinski definition) is 1. The normalized spacial score (nSPS) is 34.7. The Morgan fingerprint density at radius 2 is 2.06 bits per heavy atom. The molecule has 96 valence electrons. The zero-order valence-electron chi connectivity index (χ0n) is 11.8. The summed E-state index contributed by atoms with van der Waals surface area (Å²) < 4.78 is 0. The molecule has 0 aromatic rings. The number of nitrogens with zero attached hydrogens (tertiary/aromatic N) is 1. The minimum Gasteiger partial charge on any atom is -0.255 e. The fraction of sp³-hybridized carbons (Fsp3) is 1.00. The van der Waals surface area contributed by atoms with Crippen LogP contribution in [-0.4, -0.2) is 24.6 Å². The fourth-order valence-electron chi connectivity index (χ4n) is 3.06. The molecule has 0 spiro atoms. The van der Waals surface area contributed by atoms with Gasteiger partial charge in [0.25, 0.3) is 0 Å². The van der Waals surface area contributed by atoms with Crippen molar-refractivity contribution in [2.75, 3.05) is 13.6 Å². The van der Waals surface area contributed by atoms with Gasteiger partial charge in [0.05, 0.1) is 0 Å². The van der Waals surface area contributed by atoms with Gasteiger partial charge in [0.2, 0.25) is 0 Å². The van der Waals surface area contributed by atoms with E-state index in [-0.39, 0.29) is 0 Å². The second kappa shape index (κ2) is 6.61. The van der Waals surface area contributed by atoms with Gasteiger partial charge < -0.3 is 0 Å². The van der Waals surface area contributed by atoms with E-state index >= 15 is 0 Å². The largest absolute Gasteiger partial charge is 0.255 e. The number of rotatable bonds is 4. The van der Waals surface area contributed by atoms with E-state index in [1.165, 1.54) is 25.7 Å². The molecule has 4 atom stereocenters. The van der Waals surface area contributed by atoms with Crippen molar-refractivity contribution < 1.29 is 0 Å². The van der Waals surface area contributed by atoms with Crippen LogP contribution < -0.4 is 5.43 Å². The average molecular weight is 226 g/mol. The number of nitrogens with one attached hydrogen (secondary N) is 1. The topological polar surface area (TPSA) is 15.3 Å². The van der Waals surface area contributed by atoms with Crippen molar-refractivity contribution in [2.24, 2.45) is 17.8 Å². The van der Waals surface area contributed by atoms with Crippen LogP contribution in [0.15, 0.2) is 0 Å². The maximum absolute atomic E-state index is 3.56. The summed E-state index contributed by atoms with van der Waals surface area (Å²) in [6, 6.07) is 0.665. The van der Waals surface area contributed by atoms with Crippen molar-refractivity contribution in [1.29, 1.82) is 0 Å². The summed E-state index contributed by atoms with van der Waals surface area (Å²) >= 11 is 0. The van der Waals surface area contributed by atoms with Gasteiger partial charge in [-0.3, -0.25) is 5.43 Å².